The van der Waals surface area contributed by atoms with Gasteiger partial charge in [0.05, 0.1) is 30.6 Å². The lowest BCUT2D eigenvalue weighted by molar-refractivity contribution is 0.116. The Bertz CT molecular complexity index is 352. The van der Waals surface area contributed by atoms with Crippen LogP contribution in [0.5, 0.6) is 0 Å². The van der Waals surface area contributed by atoms with Crippen molar-refractivity contribution < 1.29 is 4.74 Å². The largest absolute Gasteiger partial charge is 0.378 e. The quantitative estimate of drug-likeness (QED) is 0.839. The SMILES string of the molecule is CCCNC(c1cnnn1C)C1COC(C)C1. The molecule has 0 aliphatic carbocycles. The van der Waals surface area contributed by atoms with Crippen LogP contribution >= 0.6 is 0 Å². The van der Waals surface area contributed by atoms with Crippen molar-refractivity contribution in [3.8, 4) is 0 Å². The second-order valence-electron chi connectivity index (χ2n) is 4.85. The number of rotatable bonds is 5. The van der Waals surface area contributed by atoms with E-state index in [9.17, 15) is 0 Å². The molecule has 2 rings (SSSR count). The van der Waals surface area contributed by atoms with Gasteiger partial charge in [-0.25, -0.2) is 0 Å². The third-order valence-electron chi connectivity index (χ3n) is 3.38. The molecule has 0 bridgehead atoms. The molecule has 0 radical (unpaired) electrons. The van der Waals surface area contributed by atoms with Crippen LogP contribution in [0.4, 0.5) is 0 Å². The van der Waals surface area contributed by atoms with E-state index in [1.807, 2.05) is 17.9 Å². The third kappa shape index (κ3) is 2.84. The molecule has 17 heavy (non-hydrogen) atoms. The van der Waals surface area contributed by atoms with Crippen molar-refractivity contribution in [1.29, 1.82) is 0 Å². The van der Waals surface area contributed by atoms with E-state index < -0.39 is 0 Å². The molecule has 1 aromatic rings. The maximum atomic E-state index is 5.67. The van der Waals surface area contributed by atoms with Crippen LogP contribution < -0.4 is 5.32 Å². The van der Waals surface area contributed by atoms with Crippen LogP contribution in [0.1, 0.15) is 38.4 Å². The lowest BCUT2D eigenvalue weighted by Crippen LogP contribution is -2.31. The maximum Gasteiger partial charge on any atom is 0.0756 e. The molecule has 1 aliphatic heterocycles. The van der Waals surface area contributed by atoms with E-state index in [1.54, 1.807) is 0 Å². The summed E-state index contributed by atoms with van der Waals surface area (Å²) < 4.78 is 7.53. The fourth-order valence-electron chi connectivity index (χ4n) is 2.47. The van der Waals surface area contributed by atoms with E-state index in [1.165, 1.54) is 0 Å². The molecule has 3 atom stereocenters. The van der Waals surface area contributed by atoms with Gasteiger partial charge in [0.1, 0.15) is 0 Å². The van der Waals surface area contributed by atoms with Gasteiger partial charge in [-0.3, -0.25) is 4.68 Å². The zero-order chi connectivity index (χ0) is 12.3. The van der Waals surface area contributed by atoms with Crippen LogP contribution in [0.3, 0.4) is 0 Å². The van der Waals surface area contributed by atoms with E-state index in [2.05, 4.69) is 29.5 Å². The first kappa shape index (κ1) is 12.5. The molecule has 0 aromatic carbocycles. The van der Waals surface area contributed by atoms with Gasteiger partial charge in [0, 0.05) is 13.0 Å². The lowest BCUT2D eigenvalue weighted by atomic mass is 9.94. The molecule has 0 amide bonds. The van der Waals surface area contributed by atoms with Crippen LogP contribution in [0, 0.1) is 5.92 Å². The summed E-state index contributed by atoms with van der Waals surface area (Å²) in [6, 6.07) is 0.305. The molecule has 2 heterocycles. The number of nitrogens with one attached hydrogen (secondary N) is 1. The molecular formula is C12H22N4O. The Morgan fingerprint density at radius 2 is 2.47 bits per heavy atom. The van der Waals surface area contributed by atoms with E-state index in [0.29, 0.717) is 18.1 Å². The predicted molar refractivity (Wildman–Crippen MR) is 65.6 cm³/mol. The highest BCUT2D eigenvalue weighted by Gasteiger charge is 2.31. The average Bonchev–Trinajstić information content (AvgIpc) is 2.90. The Balaban J connectivity index is 2.10. The molecule has 0 spiro atoms. The number of aromatic nitrogens is 3. The minimum absolute atomic E-state index is 0.305. The number of nitrogens with zero attached hydrogens (tertiary/aromatic N) is 3. The Labute approximate surface area is 103 Å². The van der Waals surface area contributed by atoms with Gasteiger partial charge in [-0.2, -0.15) is 0 Å². The monoisotopic (exact) mass is 238 g/mol. The molecule has 1 saturated heterocycles. The molecule has 5 nitrogen and oxygen atoms in total. The Morgan fingerprint density at radius 1 is 1.65 bits per heavy atom. The number of ether oxygens (including phenoxy) is 1. The molecular weight excluding hydrogens is 216 g/mol. The van der Waals surface area contributed by atoms with Gasteiger partial charge in [-0.1, -0.05) is 12.1 Å². The topological polar surface area (TPSA) is 52.0 Å². The van der Waals surface area contributed by atoms with Crippen molar-refractivity contribution in [2.75, 3.05) is 13.2 Å². The van der Waals surface area contributed by atoms with Crippen molar-refractivity contribution in [3.05, 3.63) is 11.9 Å². The van der Waals surface area contributed by atoms with Gasteiger partial charge in [-0.15, -0.1) is 5.10 Å². The Kier molecular flexibility index (Phi) is 4.12. The summed E-state index contributed by atoms with van der Waals surface area (Å²) in [5.41, 5.74) is 1.15. The zero-order valence-electron chi connectivity index (χ0n) is 10.9. The van der Waals surface area contributed by atoms with Crippen LogP contribution in [-0.2, 0) is 11.8 Å². The van der Waals surface area contributed by atoms with Crippen molar-refractivity contribution in [2.45, 2.75) is 38.8 Å². The molecule has 1 aliphatic rings. The highest BCUT2D eigenvalue weighted by atomic mass is 16.5. The molecule has 96 valence electrons. The van der Waals surface area contributed by atoms with Gasteiger partial charge in [0.15, 0.2) is 0 Å². The summed E-state index contributed by atoms with van der Waals surface area (Å²) in [5.74, 6) is 0.522. The number of aryl methyl sites for hydroxylation is 1. The summed E-state index contributed by atoms with van der Waals surface area (Å²) >= 11 is 0. The first-order valence-electron chi connectivity index (χ1n) is 6.42. The molecule has 0 saturated carbocycles. The van der Waals surface area contributed by atoms with Gasteiger partial charge >= 0.3 is 0 Å². The normalized spacial score (nSPS) is 26.3. The number of hydrogen-bond acceptors (Lipinski definition) is 4. The van der Waals surface area contributed by atoms with Crippen LogP contribution in [0.2, 0.25) is 0 Å². The van der Waals surface area contributed by atoms with E-state index in [4.69, 9.17) is 4.74 Å². The second kappa shape index (κ2) is 5.60. The summed E-state index contributed by atoms with van der Waals surface area (Å²) in [4.78, 5) is 0. The van der Waals surface area contributed by atoms with E-state index >= 15 is 0 Å². The minimum Gasteiger partial charge on any atom is -0.378 e. The molecule has 1 N–H and O–H groups in total. The number of hydrogen-bond donors (Lipinski definition) is 1. The fraction of sp³-hybridized carbons (Fsp3) is 0.833. The molecule has 1 aromatic heterocycles. The van der Waals surface area contributed by atoms with Crippen LogP contribution in [0.25, 0.3) is 0 Å². The molecule has 1 fully saturated rings. The summed E-state index contributed by atoms with van der Waals surface area (Å²) in [6.45, 7) is 6.16. The highest BCUT2D eigenvalue weighted by molar-refractivity contribution is 5.05. The lowest BCUT2D eigenvalue weighted by Gasteiger charge is -2.23. The Morgan fingerprint density at radius 3 is 3.00 bits per heavy atom. The highest BCUT2D eigenvalue weighted by Crippen LogP contribution is 2.31. The van der Waals surface area contributed by atoms with Gasteiger partial charge in [-0.05, 0) is 26.3 Å². The summed E-state index contributed by atoms with van der Waals surface area (Å²) in [7, 11) is 1.95. The maximum absolute atomic E-state index is 5.67. The zero-order valence-corrected chi connectivity index (χ0v) is 10.9. The van der Waals surface area contributed by atoms with Gasteiger partial charge < -0.3 is 10.1 Å². The van der Waals surface area contributed by atoms with Crippen molar-refractivity contribution >= 4 is 0 Å². The van der Waals surface area contributed by atoms with Gasteiger partial charge in [0.2, 0.25) is 0 Å². The Hall–Kier alpha value is -0.940. The predicted octanol–water partition coefficient (Wildman–Crippen LogP) is 1.28. The first-order valence-corrected chi connectivity index (χ1v) is 6.42. The van der Waals surface area contributed by atoms with E-state index in [-0.39, 0.29) is 0 Å². The molecule has 5 heteroatoms. The van der Waals surface area contributed by atoms with Crippen LogP contribution in [0.15, 0.2) is 6.20 Å². The van der Waals surface area contributed by atoms with Crippen molar-refractivity contribution in [2.24, 2.45) is 13.0 Å². The van der Waals surface area contributed by atoms with Crippen LogP contribution in [-0.4, -0.2) is 34.2 Å². The van der Waals surface area contributed by atoms with Crippen molar-refractivity contribution in [1.82, 2.24) is 20.3 Å². The molecule has 3 unspecified atom stereocenters. The van der Waals surface area contributed by atoms with Gasteiger partial charge in [0.25, 0.3) is 0 Å². The summed E-state index contributed by atoms with van der Waals surface area (Å²) in [5, 5.41) is 11.6. The third-order valence-corrected chi connectivity index (χ3v) is 3.38. The standard InChI is InChI=1S/C12H22N4O/c1-4-5-13-12(10-6-9(2)17-8-10)11-7-14-15-16(11)3/h7,9-10,12-13H,4-6,8H2,1-3H3. The average molecular weight is 238 g/mol. The fourth-order valence-corrected chi connectivity index (χ4v) is 2.47. The smallest absolute Gasteiger partial charge is 0.0756 e. The second-order valence-corrected chi connectivity index (χ2v) is 4.85. The van der Waals surface area contributed by atoms with Crippen molar-refractivity contribution in [3.63, 3.8) is 0 Å². The summed E-state index contributed by atoms with van der Waals surface area (Å²) in [6.07, 6.45) is 4.46. The minimum atomic E-state index is 0.305. The first-order chi connectivity index (χ1) is 8.22. The van der Waals surface area contributed by atoms with E-state index in [0.717, 1.165) is 31.7 Å².